The van der Waals surface area contributed by atoms with Crippen molar-refractivity contribution >= 4 is 5.97 Å². The number of benzene rings is 1. The first-order chi connectivity index (χ1) is 11.4. The fraction of sp³-hybridized carbons (Fsp3) is 0.400. The molecule has 2 heterocycles. The monoisotopic (exact) mass is 341 g/mol. The van der Waals surface area contributed by atoms with E-state index in [0.717, 1.165) is 10.6 Å². The smallest absolute Gasteiger partial charge is 0.361 e. The molecule has 24 heavy (non-hydrogen) atoms. The van der Waals surface area contributed by atoms with Crippen LogP contribution in [-0.2, 0) is 9.63 Å². The highest BCUT2D eigenvalue weighted by Gasteiger charge is 2.43. The van der Waals surface area contributed by atoms with Gasteiger partial charge in [0.05, 0.1) is 0 Å². The van der Waals surface area contributed by atoms with Crippen molar-refractivity contribution < 1.29 is 27.3 Å². The third kappa shape index (κ3) is 3.73. The van der Waals surface area contributed by atoms with Crippen LogP contribution in [0.4, 0.5) is 13.2 Å². The van der Waals surface area contributed by atoms with E-state index in [2.05, 4.69) is 15.0 Å². The number of carbonyl (C=O) groups excluding carboxylic acids is 1. The third-order valence-electron chi connectivity index (χ3n) is 3.72. The Balaban J connectivity index is 1.58. The summed E-state index contributed by atoms with van der Waals surface area (Å²) in [5.41, 5.74) is 0.823. The Hall–Kier alpha value is -2.42. The second-order valence-corrected chi connectivity index (χ2v) is 5.40. The van der Waals surface area contributed by atoms with Gasteiger partial charge in [-0.25, -0.2) is 4.79 Å². The summed E-state index contributed by atoms with van der Waals surface area (Å²) < 4.78 is 41.8. The largest absolute Gasteiger partial charge is 0.492 e. The van der Waals surface area contributed by atoms with Gasteiger partial charge in [0.15, 0.2) is 0 Å². The van der Waals surface area contributed by atoms with Crippen molar-refractivity contribution in [3.63, 3.8) is 0 Å². The van der Waals surface area contributed by atoms with Crippen LogP contribution in [0.25, 0.3) is 11.4 Å². The molecule has 0 saturated carbocycles. The van der Waals surface area contributed by atoms with Gasteiger partial charge in [-0.2, -0.15) is 18.2 Å². The van der Waals surface area contributed by atoms with Gasteiger partial charge in [0.25, 0.3) is 0 Å². The number of rotatable bonds is 3. The predicted octanol–water partition coefficient (Wildman–Crippen LogP) is 2.94. The van der Waals surface area contributed by atoms with Gasteiger partial charge in [-0.3, -0.25) is 0 Å². The Morgan fingerprint density at radius 1 is 1.21 bits per heavy atom. The first kappa shape index (κ1) is 16.4. The molecule has 0 unspecified atom stereocenters. The summed E-state index contributed by atoms with van der Waals surface area (Å²) in [4.78, 5) is 19.5. The van der Waals surface area contributed by atoms with Crippen molar-refractivity contribution in [2.75, 3.05) is 13.1 Å². The molecule has 1 aliphatic rings. The zero-order valence-corrected chi connectivity index (χ0v) is 12.5. The van der Waals surface area contributed by atoms with E-state index in [4.69, 9.17) is 4.52 Å². The zero-order chi connectivity index (χ0) is 17.2. The summed E-state index contributed by atoms with van der Waals surface area (Å²) >= 11 is 0. The van der Waals surface area contributed by atoms with Crippen molar-refractivity contribution in [3.8, 4) is 11.4 Å². The molecular weight excluding hydrogens is 327 g/mol. The van der Waals surface area contributed by atoms with Gasteiger partial charge in [0.1, 0.15) is 0 Å². The lowest BCUT2D eigenvalue weighted by Gasteiger charge is -2.28. The fourth-order valence-corrected chi connectivity index (χ4v) is 2.47. The molecule has 1 aromatic heterocycles. The topological polar surface area (TPSA) is 68.5 Å². The van der Waals surface area contributed by atoms with Crippen LogP contribution in [0.2, 0.25) is 0 Å². The highest BCUT2D eigenvalue weighted by molar-refractivity contribution is 5.75. The Morgan fingerprint density at radius 2 is 1.88 bits per heavy atom. The normalized spacial score (nSPS) is 17.0. The van der Waals surface area contributed by atoms with Crippen molar-refractivity contribution in [2.45, 2.75) is 24.9 Å². The third-order valence-corrected chi connectivity index (χ3v) is 3.72. The number of carbonyl (C=O) groups is 1. The van der Waals surface area contributed by atoms with Crippen LogP contribution in [0.5, 0.6) is 0 Å². The first-order valence-corrected chi connectivity index (χ1v) is 7.36. The van der Waals surface area contributed by atoms with E-state index in [0.29, 0.717) is 24.6 Å². The lowest BCUT2D eigenvalue weighted by Crippen LogP contribution is -2.39. The zero-order valence-electron chi connectivity index (χ0n) is 12.5. The van der Waals surface area contributed by atoms with Gasteiger partial charge in [0, 0.05) is 24.6 Å². The minimum Gasteiger partial charge on any atom is -0.361 e. The average Bonchev–Trinajstić information content (AvgIpc) is 3.05. The van der Waals surface area contributed by atoms with Crippen LogP contribution in [0, 0.1) is 0 Å². The summed E-state index contributed by atoms with van der Waals surface area (Å²) in [6.45, 7) is 0.352. The van der Waals surface area contributed by atoms with Gasteiger partial charge in [0.2, 0.25) is 11.7 Å². The maximum Gasteiger partial charge on any atom is 0.492 e. The second kappa shape index (κ2) is 6.60. The van der Waals surface area contributed by atoms with Crippen molar-refractivity contribution in [3.05, 3.63) is 36.2 Å². The molecule has 0 amide bonds. The summed E-state index contributed by atoms with van der Waals surface area (Å²) in [7, 11) is 0. The summed E-state index contributed by atoms with van der Waals surface area (Å²) in [6.07, 6.45) is -4.07. The Morgan fingerprint density at radius 3 is 2.50 bits per heavy atom. The first-order valence-electron chi connectivity index (χ1n) is 7.36. The van der Waals surface area contributed by atoms with Gasteiger partial charge in [-0.15, -0.1) is 5.06 Å². The molecule has 1 saturated heterocycles. The molecular formula is C15H14F3N3O3. The van der Waals surface area contributed by atoms with Crippen LogP contribution in [0.15, 0.2) is 34.9 Å². The van der Waals surface area contributed by atoms with Crippen LogP contribution in [-0.4, -0.2) is 40.4 Å². The number of piperidine rings is 1. The summed E-state index contributed by atoms with van der Waals surface area (Å²) in [5.74, 6) is -1.37. The molecule has 1 fully saturated rings. The van der Waals surface area contributed by atoms with Crippen molar-refractivity contribution in [1.29, 1.82) is 0 Å². The molecule has 9 heteroatoms. The van der Waals surface area contributed by atoms with E-state index < -0.39 is 12.1 Å². The average molecular weight is 341 g/mol. The molecule has 1 aliphatic heterocycles. The van der Waals surface area contributed by atoms with E-state index in [9.17, 15) is 18.0 Å². The molecule has 0 aliphatic carbocycles. The number of alkyl halides is 3. The van der Waals surface area contributed by atoms with Gasteiger partial charge in [-0.05, 0) is 12.8 Å². The molecule has 0 bridgehead atoms. The Kier molecular flexibility index (Phi) is 4.52. The fourth-order valence-electron chi connectivity index (χ4n) is 2.47. The Labute approximate surface area is 135 Å². The predicted molar refractivity (Wildman–Crippen MR) is 75.4 cm³/mol. The molecule has 128 valence electrons. The van der Waals surface area contributed by atoms with Crippen LogP contribution in [0.1, 0.15) is 24.7 Å². The molecule has 6 nitrogen and oxygen atoms in total. The minimum absolute atomic E-state index is 0.0733. The number of hydrogen-bond donors (Lipinski definition) is 0. The van der Waals surface area contributed by atoms with E-state index in [-0.39, 0.29) is 19.0 Å². The summed E-state index contributed by atoms with van der Waals surface area (Å²) in [5, 5.41) is 4.94. The SMILES string of the molecule is O=C(ON1CCC(c2nc(-c3ccccc3)no2)CC1)C(F)(F)F. The van der Waals surface area contributed by atoms with Crippen molar-refractivity contribution in [1.82, 2.24) is 15.2 Å². The number of halogens is 3. The molecule has 0 spiro atoms. The molecule has 0 atom stereocenters. The highest BCUT2D eigenvalue weighted by Crippen LogP contribution is 2.29. The molecule has 0 N–H and O–H groups in total. The van der Waals surface area contributed by atoms with Crippen LogP contribution < -0.4 is 0 Å². The van der Waals surface area contributed by atoms with Crippen molar-refractivity contribution in [2.24, 2.45) is 0 Å². The number of hydrogen-bond acceptors (Lipinski definition) is 6. The number of aromatic nitrogens is 2. The van der Waals surface area contributed by atoms with E-state index >= 15 is 0 Å². The maximum atomic E-state index is 12.2. The maximum absolute atomic E-state index is 12.2. The van der Waals surface area contributed by atoms with Crippen LogP contribution in [0.3, 0.4) is 0 Å². The number of nitrogens with zero attached hydrogens (tertiary/aromatic N) is 3. The number of hydroxylamine groups is 2. The molecule has 0 radical (unpaired) electrons. The highest BCUT2D eigenvalue weighted by atomic mass is 19.4. The molecule has 3 rings (SSSR count). The van der Waals surface area contributed by atoms with Crippen LogP contribution >= 0.6 is 0 Å². The molecule has 1 aromatic carbocycles. The van der Waals surface area contributed by atoms with E-state index in [1.54, 1.807) is 0 Å². The minimum atomic E-state index is -4.99. The van der Waals surface area contributed by atoms with Gasteiger partial charge >= 0.3 is 12.1 Å². The van der Waals surface area contributed by atoms with E-state index in [1.165, 1.54) is 0 Å². The summed E-state index contributed by atoms with van der Waals surface area (Å²) in [6, 6.07) is 9.31. The standard InChI is InChI=1S/C15H14F3N3O3/c16-15(17,18)14(22)24-21-8-6-11(7-9-21)13-19-12(20-23-13)10-4-2-1-3-5-10/h1-5,11H,6-9H2. The lowest BCUT2D eigenvalue weighted by atomic mass is 9.98. The Bertz CT molecular complexity index is 695. The quantitative estimate of drug-likeness (QED) is 0.855. The van der Waals surface area contributed by atoms with E-state index in [1.807, 2.05) is 30.3 Å². The second-order valence-electron chi connectivity index (χ2n) is 5.40. The molecule has 2 aromatic rings. The van der Waals surface area contributed by atoms with Gasteiger partial charge < -0.3 is 9.36 Å². The van der Waals surface area contributed by atoms with Gasteiger partial charge in [-0.1, -0.05) is 35.5 Å². The lowest BCUT2D eigenvalue weighted by molar-refractivity contribution is -0.241.